The Morgan fingerprint density at radius 3 is 2.94 bits per heavy atom. The molecule has 6 heteroatoms. The second-order valence-corrected chi connectivity index (χ2v) is 4.87. The number of hydrogen-bond acceptors (Lipinski definition) is 5. The Hall–Kier alpha value is -1.40. The van der Waals surface area contributed by atoms with Crippen LogP contribution in [0.2, 0.25) is 0 Å². The van der Waals surface area contributed by atoms with Gasteiger partial charge in [-0.1, -0.05) is 17.8 Å². The van der Waals surface area contributed by atoms with Gasteiger partial charge in [-0.05, 0) is 25.0 Å². The SMILES string of the molecule is CCn1c(CN)nnc1SCCc1cccnc1. The first-order valence-electron chi connectivity index (χ1n) is 5.99. The summed E-state index contributed by atoms with van der Waals surface area (Å²) in [5, 5.41) is 9.20. The zero-order valence-electron chi connectivity index (χ0n) is 10.4. The minimum atomic E-state index is 0.435. The number of rotatable bonds is 6. The molecule has 96 valence electrons. The molecule has 2 N–H and O–H groups in total. The monoisotopic (exact) mass is 263 g/mol. The van der Waals surface area contributed by atoms with Crippen molar-refractivity contribution in [3.8, 4) is 0 Å². The van der Waals surface area contributed by atoms with Crippen LogP contribution in [0.4, 0.5) is 0 Å². The van der Waals surface area contributed by atoms with E-state index < -0.39 is 0 Å². The first kappa shape index (κ1) is 13.0. The van der Waals surface area contributed by atoms with Gasteiger partial charge in [0.2, 0.25) is 0 Å². The maximum Gasteiger partial charge on any atom is 0.191 e. The Kier molecular flexibility index (Phi) is 4.72. The molecule has 0 aliphatic rings. The molecule has 2 aromatic rings. The highest BCUT2D eigenvalue weighted by Gasteiger charge is 2.09. The van der Waals surface area contributed by atoms with Crippen LogP contribution in [-0.4, -0.2) is 25.5 Å². The number of hydrogen-bond donors (Lipinski definition) is 1. The second-order valence-electron chi connectivity index (χ2n) is 3.81. The molecule has 0 bridgehead atoms. The molecule has 0 amide bonds. The fourth-order valence-corrected chi connectivity index (χ4v) is 2.71. The third kappa shape index (κ3) is 3.08. The highest BCUT2D eigenvalue weighted by atomic mass is 32.2. The molecule has 0 aliphatic heterocycles. The fraction of sp³-hybridized carbons (Fsp3) is 0.417. The minimum absolute atomic E-state index is 0.435. The third-order valence-corrected chi connectivity index (χ3v) is 3.61. The van der Waals surface area contributed by atoms with E-state index in [1.165, 1.54) is 5.56 Å². The van der Waals surface area contributed by atoms with E-state index in [9.17, 15) is 0 Å². The van der Waals surface area contributed by atoms with Gasteiger partial charge in [0.25, 0.3) is 0 Å². The lowest BCUT2D eigenvalue weighted by molar-refractivity contribution is 0.643. The van der Waals surface area contributed by atoms with Gasteiger partial charge in [-0.15, -0.1) is 10.2 Å². The van der Waals surface area contributed by atoms with E-state index in [0.717, 1.165) is 29.7 Å². The average Bonchev–Trinajstić information content (AvgIpc) is 2.82. The standard InChI is InChI=1S/C12H17N5S/c1-2-17-11(8-13)15-16-12(17)18-7-5-10-4-3-6-14-9-10/h3-4,6,9H,2,5,7-8,13H2,1H3. The molecule has 0 aromatic carbocycles. The minimum Gasteiger partial charge on any atom is -0.324 e. The number of nitrogens with two attached hydrogens (primary N) is 1. The van der Waals surface area contributed by atoms with Gasteiger partial charge in [0.1, 0.15) is 5.82 Å². The van der Waals surface area contributed by atoms with Crippen LogP contribution in [0, 0.1) is 0 Å². The van der Waals surface area contributed by atoms with Gasteiger partial charge in [-0.2, -0.15) is 0 Å². The van der Waals surface area contributed by atoms with E-state index in [1.807, 2.05) is 12.3 Å². The molecule has 0 fully saturated rings. The van der Waals surface area contributed by atoms with Gasteiger partial charge in [0.05, 0.1) is 6.54 Å². The van der Waals surface area contributed by atoms with Crippen molar-refractivity contribution in [1.82, 2.24) is 19.7 Å². The quantitative estimate of drug-likeness (QED) is 0.800. The van der Waals surface area contributed by atoms with E-state index in [-0.39, 0.29) is 0 Å². The third-order valence-electron chi connectivity index (χ3n) is 2.64. The number of aryl methyl sites for hydroxylation is 1. The summed E-state index contributed by atoms with van der Waals surface area (Å²) in [5.41, 5.74) is 6.86. The topological polar surface area (TPSA) is 69.6 Å². The largest absolute Gasteiger partial charge is 0.324 e. The molecule has 5 nitrogen and oxygen atoms in total. The van der Waals surface area contributed by atoms with Crippen LogP contribution in [0.25, 0.3) is 0 Å². The van der Waals surface area contributed by atoms with Crippen LogP contribution >= 0.6 is 11.8 Å². The van der Waals surface area contributed by atoms with Gasteiger partial charge >= 0.3 is 0 Å². The van der Waals surface area contributed by atoms with E-state index in [2.05, 4.69) is 32.7 Å². The molecule has 2 rings (SSSR count). The van der Waals surface area contributed by atoms with E-state index in [4.69, 9.17) is 5.73 Å². The van der Waals surface area contributed by atoms with Crippen LogP contribution in [-0.2, 0) is 19.5 Å². The van der Waals surface area contributed by atoms with Gasteiger partial charge in [0, 0.05) is 24.7 Å². The Morgan fingerprint density at radius 2 is 2.28 bits per heavy atom. The number of nitrogens with zero attached hydrogens (tertiary/aromatic N) is 4. The Labute approximate surface area is 111 Å². The number of thioether (sulfide) groups is 1. The van der Waals surface area contributed by atoms with Crippen LogP contribution in [0.1, 0.15) is 18.3 Å². The smallest absolute Gasteiger partial charge is 0.191 e. The van der Waals surface area contributed by atoms with Gasteiger partial charge in [-0.3, -0.25) is 4.98 Å². The van der Waals surface area contributed by atoms with E-state index in [0.29, 0.717) is 6.54 Å². The molecule has 0 saturated carbocycles. The van der Waals surface area contributed by atoms with Gasteiger partial charge in [0.15, 0.2) is 5.16 Å². The van der Waals surface area contributed by atoms with Gasteiger partial charge < -0.3 is 10.3 Å². The van der Waals surface area contributed by atoms with Crippen LogP contribution in [0.3, 0.4) is 0 Å². The molecular formula is C12H17N5S. The fourth-order valence-electron chi connectivity index (χ4n) is 1.70. The molecule has 0 unspecified atom stereocenters. The van der Waals surface area contributed by atoms with Crippen LogP contribution in [0.5, 0.6) is 0 Å². The Morgan fingerprint density at radius 1 is 1.39 bits per heavy atom. The molecule has 0 spiro atoms. The molecule has 0 atom stereocenters. The first-order chi connectivity index (χ1) is 8.85. The maximum absolute atomic E-state index is 5.62. The molecular weight excluding hydrogens is 246 g/mol. The van der Waals surface area contributed by atoms with E-state index >= 15 is 0 Å². The van der Waals surface area contributed by atoms with Crippen molar-refractivity contribution in [3.05, 3.63) is 35.9 Å². The maximum atomic E-state index is 5.62. The lowest BCUT2D eigenvalue weighted by atomic mass is 10.2. The summed E-state index contributed by atoms with van der Waals surface area (Å²) in [5.74, 6) is 1.82. The number of pyridine rings is 1. The molecule has 0 radical (unpaired) electrons. The van der Waals surface area contributed by atoms with Crippen molar-refractivity contribution in [2.75, 3.05) is 5.75 Å². The summed E-state index contributed by atoms with van der Waals surface area (Å²) in [6.45, 7) is 3.37. The van der Waals surface area contributed by atoms with Crippen molar-refractivity contribution < 1.29 is 0 Å². The van der Waals surface area contributed by atoms with Crippen molar-refractivity contribution in [1.29, 1.82) is 0 Å². The summed E-state index contributed by atoms with van der Waals surface area (Å²) in [6.07, 6.45) is 4.67. The summed E-state index contributed by atoms with van der Waals surface area (Å²) >= 11 is 1.71. The molecule has 0 saturated heterocycles. The first-order valence-corrected chi connectivity index (χ1v) is 6.97. The summed E-state index contributed by atoms with van der Waals surface area (Å²) < 4.78 is 2.06. The van der Waals surface area contributed by atoms with Crippen molar-refractivity contribution in [3.63, 3.8) is 0 Å². The summed E-state index contributed by atoms with van der Waals surface area (Å²) in [6, 6.07) is 4.05. The predicted molar refractivity (Wildman–Crippen MR) is 72.3 cm³/mol. The van der Waals surface area contributed by atoms with Crippen molar-refractivity contribution in [2.24, 2.45) is 5.73 Å². The normalized spacial score (nSPS) is 10.8. The lowest BCUT2D eigenvalue weighted by Gasteiger charge is -2.05. The second kappa shape index (κ2) is 6.51. The highest BCUT2D eigenvalue weighted by Crippen LogP contribution is 2.18. The van der Waals surface area contributed by atoms with Crippen LogP contribution in [0.15, 0.2) is 29.7 Å². The Bertz CT molecular complexity index is 482. The predicted octanol–water partition coefficient (Wildman–Crippen LogP) is 1.49. The van der Waals surface area contributed by atoms with Crippen molar-refractivity contribution in [2.45, 2.75) is 31.6 Å². The molecule has 18 heavy (non-hydrogen) atoms. The summed E-state index contributed by atoms with van der Waals surface area (Å²) in [7, 11) is 0. The number of aromatic nitrogens is 4. The average molecular weight is 263 g/mol. The summed E-state index contributed by atoms with van der Waals surface area (Å²) in [4.78, 5) is 4.10. The molecule has 0 aliphatic carbocycles. The Balaban J connectivity index is 1.92. The zero-order chi connectivity index (χ0) is 12.8. The van der Waals surface area contributed by atoms with Gasteiger partial charge in [-0.25, -0.2) is 0 Å². The lowest BCUT2D eigenvalue weighted by Crippen LogP contribution is -2.08. The zero-order valence-corrected chi connectivity index (χ0v) is 11.2. The molecule has 2 heterocycles. The highest BCUT2D eigenvalue weighted by molar-refractivity contribution is 7.99. The van der Waals surface area contributed by atoms with Crippen molar-refractivity contribution >= 4 is 11.8 Å². The van der Waals surface area contributed by atoms with Crippen LogP contribution < -0.4 is 5.73 Å². The molecule has 2 aromatic heterocycles. The van der Waals surface area contributed by atoms with E-state index in [1.54, 1.807) is 18.0 Å².